The van der Waals surface area contributed by atoms with Gasteiger partial charge in [0.15, 0.2) is 0 Å². The van der Waals surface area contributed by atoms with Gasteiger partial charge in [-0.2, -0.15) is 0 Å². The van der Waals surface area contributed by atoms with Gasteiger partial charge in [-0.1, -0.05) is 42.5 Å². The Morgan fingerprint density at radius 2 is 1.75 bits per heavy atom. The van der Waals surface area contributed by atoms with E-state index in [0.717, 1.165) is 29.5 Å². The van der Waals surface area contributed by atoms with Gasteiger partial charge in [-0.15, -0.1) is 4.72 Å². The fraction of sp³-hybridized carbons (Fsp3) is 0.400. The Morgan fingerprint density at radius 3 is 2.29 bits per heavy atom. The zero-order valence-corrected chi connectivity index (χ0v) is 15.2. The van der Waals surface area contributed by atoms with Crippen molar-refractivity contribution in [2.45, 2.75) is 50.3 Å². The molecule has 1 aliphatic rings. The van der Waals surface area contributed by atoms with Crippen molar-refractivity contribution in [2.24, 2.45) is 0 Å². The monoisotopic (exact) mass is 345 g/mol. The lowest BCUT2D eigenvalue weighted by Crippen LogP contribution is -2.41. The maximum atomic E-state index is 14.5. The molecule has 4 heteroatoms. The van der Waals surface area contributed by atoms with E-state index in [0.29, 0.717) is 5.92 Å². The molecule has 0 saturated heterocycles. The molecule has 0 heterocycles. The lowest BCUT2D eigenvalue weighted by Gasteiger charge is -2.28. The molecule has 1 aliphatic carbocycles. The zero-order valence-electron chi connectivity index (χ0n) is 14.4. The standard InChI is InChI=1S/C20H24FNOS/c1-20(2,3)24(23)22-19(15-7-5-4-6-8-15)16-11-12-17(14-9-10-14)18(21)13-16/h4-8,11-14,19,22H,9-10H2,1-3H3/t19-,24?/m0/s1. The van der Waals surface area contributed by atoms with Crippen LogP contribution in [0.5, 0.6) is 0 Å². The summed E-state index contributed by atoms with van der Waals surface area (Å²) in [6.07, 6.45) is 2.15. The molecule has 1 saturated carbocycles. The summed E-state index contributed by atoms with van der Waals surface area (Å²) < 4.78 is 29.9. The molecule has 0 radical (unpaired) electrons. The number of halogens is 1. The first-order valence-corrected chi connectivity index (χ1v) is 9.53. The molecule has 24 heavy (non-hydrogen) atoms. The van der Waals surface area contributed by atoms with Crippen molar-refractivity contribution in [1.82, 2.24) is 4.72 Å². The highest BCUT2D eigenvalue weighted by Gasteiger charge is 2.32. The average Bonchev–Trinajstić information content (AvgIpc) is 3.37. The van der Waals surface area contributed by atoms with Crippen molar-refractivity contribution in [2.75, 3.05) is 0 Å². The molecule has 0 amide bonds. The number of hydrogen-bond acceptors (Lipinski definition) is 2. The Hall–Kier alpha value is -1.36. The SMILES string of the molecule is CC(C)(C)[S+]([O-])N[C@@H](c1ccccc1)c1ccc(C2CC2)c(F)c1. The Kier molecular flexibility index (Phi) is 5.00. The second-order valence-electron chi connectivity index (χ2n) is 7.40. The maximum Gasteiger partial charge on any atom is 0.136 e. The van der Waals surface area contributed by atoms with E-state index >= 15 is 0 Å². The van der Waals surface area contributed by atoms with Gasteiger partial charge in [0, 0.05) is 11.4 Å². The number of benzene rings is 2. The molecule has 0 spiro atoms. The Bertz CT molecular complexity index is 695. The summed E-state index contributed by atoms with van der Waals surface area (Å²) in [7, 11) is 0. The van der Waals surface area contributed by atoms with Crippen LogP contribution in [0, 0.1) is 5.82 Å². The topological polar surface area (TPSA) is 35.1 Å². The van der Waals surface area contributed by atoms with Crippen LogP contribution in [0.1, 0.15) is 62.3 Å². The Morgan fingerprint density at radius 1 is 1.08 bits per heavy atom. The minimum absolute atomic E-state index is 0.153. The first-order valence-electron chi connectivity index (χ1n) is 8.38. The van der Waals surface area contributed by atoms with Gasteiger partial charge in [-0.05, 0) is 62.3 Å². The summed E-state index contributed by atoms with van der Waals surface area (Å²) in [5.74, 6) is 0.227. The van der Waals surface area contributed by atoms with Crippen molar-refractivity contribution in [3.63, 3.8) is 0 Å². The fourth-order valence-electron chi connectivity index (χ4n) is 2.71. The third-order valence-electron chi connectivity index (χ3n) is 4.29. The van der Waals surface area contributed by atoms with Gasteiger partial charge < -0.3 is 4.55 Å². The van der Waals surface area contributed by atoms with E-state index in [4.69, 9.17) is 0 Å². The van der Waals surface area contributed by atoms with Crippen LogP contribution in [0.15, 0.2) is 48.5 Å². The normalized spacial score (nSPS) is 17.5. The molecule has 2 nitrogen and oxygen atoms in total. The summed E-state index contributed by atoms with van der Waals surface area (Å²) in [5.41, 5.74) is 2.59. The average molecular weight is 345 g/mol. The minimum Gasteiger partial charge on any atom is -0.598 e. The van der Waals surface area contributed by atoms with Crippen molar-refractivity contribution >= 4 is 11.4 Å². The quantitative estimate of drug-likeness (QED) is 0.787. The van der Waals surface area contributed by atoms with Crippen LogP contribution in [0.3, 0.4) is 0 Å². The smallest absolute Gasteiger partial charge is 0.136 e. The molecule has 128 valence electrons. The number of rotatable bonds is 5. The van der Waals surface area contributed by atoms with E-state index in [9.17, 15) is 8.94 Å². The second kappa shape index (κ2) is 6.87. The summed E-state index contributed by atoms with van der Waals surface area (Å²) in [6, 6.07) is 14.9. The zero-order chi connectivity index (χ0) is 17.3. The molecule has 2 atom stereocenters. The lowest BCUT2D eigenvalue weighted by molar-refractivity contribution is 0.534. The van der Waals surface area contributed by atoms with Crippen molar-refractivity contribution < 1.29 is 8.94 Å². The minimum atomic E-state index is -1.25. The van der Waals surface area contributed by atoms with Crippen LogP contribution < -0.4 is 4.72 Å². The van der Waals surface area contributed by atoms with Crippen LogP contribution in [0.2, 0.25) is 0 Å². The number of hydrogen-bond donors (Lipinski definition) is 1. The van der Waals surface area contributed by atoms with Crippen molar-refractivity contribution in [1.29, 1.82) is 0 Å². The molecule has 2 aromatic carbocycles. The van der Waals surface area contributed by atoms with Gasteiger partial charge in [0.25, 0.3) is 0 Å². The van der Waals surface area contributed by atoms with Crippen molar-refractivity contribution in [3.8, 4) is 0 Å². The first kappa shape index (κ1) is 17.5. The van der Waals surface area contributed by atoms with Gasteiger partial charge in [-0.3, -0.25) is 0 Å². The molecular formula is C20H24FNOS. The van der Waals surface area contributed by atoms with Gasteiger partial charge in [0.2, 0.25) is 0 Å². The molecule has 1 unspecified atom stereocenters. The highest BCUT2D eigenvalue weighted by molar-refractivity contribution is 7.90. The second-order valence-corrected chi connectivity index (χ2v) is 9.40. The van der Waals surface area contributed by atoms with E-state index in [1.165, 1.54) is 0 Å². The molecule has 0 aliphatic heterocycles. The molecule has 0 bridgehead atoms. The summed E-state index contributed by atoms with van der Waals surface area (Å²) >= 11 is -1.25. The molecular weight excluding hydrogens is 321 g/mol. The van der Waals surface area contributed by atoms with Crippen LogP contribution in [0.25, 0.3) is 0 Å². The van der Waals surface area contributed by atoms with E-state index in [2.05, 4.69) is 4.72 Å². The molecule has 1 fully saturated rings. The lowest BCUT2D eigenvalue weighted by atomic mass is 9.97. The van der Waals surface area contributed by atoms with E-state index in [-0.39, 0.29) is 16.6 Å². The van der Waals surface area contributed by atoms with Crippen LogP contribution in [-0.2, 0) is 11.4 Å². The predicted octanol–water partition coefficient (Wildman–Crippen LogP) is 4.84. The highest BCUT2D eigenvalue weighted by atomic mass is 32.2. The van der Waals surface area contributed by atoms with Crippen LogP contribution >= 0.6 is 0 Å². The van der Waals surface area contributed by atoms with E-state index in [1.807, 2.05) is 63.2 Å². The third-order valence-corrected chi connectivity index (χ3v) is 5.85. The molecule has 1 N–H and O–H groups in total. The Balaban J connectivity index is 1.93. The summed E-state index contributed by atoms with van der Waals surface area (Å²) in [4.78, 5) is 0. The Labute approximate surface area is 146 Å². The van der Waals surface area contributed by atoms with Crippen LogP contribution in [0.4, 0.5) is 4.39 Å². The highest BCUT2D eigenvalue weighted by Crippen LogP contribution is 2.42. The van der Waals surface area contributed by atoms with Gasteiger partial charge in [0.1, 0.15) is 16.6 Å². The predicted molar refractivity (Wildman–Crippen MR) is 97.7 cm³/mol. The van der Waals surface area contributed by atoms with Gasteiger partial charge in [0.05, 0.1) is 0 Å². The molecule has 2 aromatic rings. The molecule has 0 aromatic heterocycles. The molecule has 3 rings (SSSR count). The third kappa shape index (κ3) is 4.00. The summed E-state index contributed by atoms with van der Waals surface area (Å²) in [6.45, 7) is 5.78. The first-order chi connectivity index (χ1) is 11.4. The van der Waals surface area contributed by atoms with Crippen molar-refractivity contribution in [3.05, 3.63) is 71.0 Å². The fourth-order valence-corrected chi connectivity index (χ4v) is 3.55. The van der Waals surface area contributed by atoms with Crippen LogP contribution in [-0.4, -0.2) is 9.30 Å². The maximum absolute atomic E-state index is 14.5. The largest absolute Gasteiger partial charge is 0.598 e. The van der Waals surface area contributed by atoms with Gasteiger partial charge >= 0.3 is 0 Å². The van der Waals surface area contributed by atoms with E-state index < -0.39 is 11.4 Å². The van der Waals surface area contributed by atoms with E-state index in [1.54, 1.807) is 6.07 Å². The van der Waals surface area contributed by atoms with Gasteiger partial charge in [-0.25, -0.2) is 4.39 Å². The number of nitrogens with one attached hydrogen (secondary N) is 1. The summed E-state index contributed by atoms with van der Waals surface area (Å²) in [5, 5.41) is 0.